The molecule has 0 heterocycles. The van der Waals surface area contributed by atoms with E-state index in [9.17, 15) is 10.1 Å². The van der Waals surface area contributed by atoms with Crippen LogP contribution in [0.2, 0.25) is 0 Å². The first-order valence-corrected chi connectivity index (χ1v) is 6.33. The zero-order chi connectivity index (χ0) is 14.5. The van der Waals surface area contributed by atoms with Gasteiger partial charge in [0.1, 0.15) is 5.69 Å². The van der Waals surface area contributed by atoms with E-state index < -0.39 is 4.92 Å². The molecule has 1 rings (SSSR count). The molecule has 19 heavy (non-hydrogen) atoms. The van der Waals surface area contributed by atoms with E-state index in [4.69, 9.17) is 10.5 Å². The molecule has 6 heteroatoms. The van der Waals surface area contributed by atoms with E-state index in [1.807, 2.05) is 13.8 Å². The van der Waals surface area contributed by atoms with Crippen LogP contribution in [0.5, 0.6) is 5.75 Å². The number of nitrogens with one attached hydrogen (secondary N) is 1. The number of hydrogen-bond donors (Lipinski definition) is 2. The molecule has 0 radical (unpaired) electrons. The number of hydrogen-bond acceptors (Lipinski definition) is 5. The Labute approximate surface area is 113 Å². The number of nitro benzene ring substituents is 1. The number of ether oxygens (including phenoxy) is 1. The second-order valence-electron chi connectivity index (χ2n) is 4.43. The summed E-state index contributed by atoms with van der Waals surface area (Å²) in [6.45, 7) is 4.43. The molecule has 0 spiro atoms. The predicted molar refractivity (Wildman–Crippen MR) is 75.6 cm³/mol. The third kappa shape index (κ3) is 3.14. The number of rotatable bonds is 7. The zero-order valence-electron chi connectivity index (χ0n) is 11.6. The molecule has 0 aliphatic heterocycles. The van der Waals surface area contributed by atoms with Crippen molar-refractivity contribution in [1.29, 1.82) is 0 Å². The van der Waals surface area contributed by atoms with E-state index in [0.717, 1.165) is 12.8 Å². The van der Waals surface area contributed by atoms with Crippen LogP contribution in [-0.2, 0) is 0 Å². The van der Waals surface area contributed by atoms with Crippen LogP contribution in [0.15, 0.2) is 18.2 Å². The van der Waals surface area contributed by atoms with Crippen molar-refractivity contribution in [2.24, 2.45) is 5.73 Å². The molecule has 0 aliphatic rings. The maximum Gasteiger partial charge on any atom is 0.333 e. The Morgan fingerprint density at radius 2 is 2.05 bits per heavy atom. The molecular formula is C13H21N3O3. The summed E-state index contributed by atoms with van der Waals surface area (Å²) in [7, 11) is 1.42. The number of nitrogens with zero attached hydrogens (tertiary/aromatic N) is 1. The average Bonchev–Trinajstić information content (AvgIpc) is 2.44. The maximum atomic E-state index is 11.2. The maximum absolute atomic E-state index is 11.2. The van der Waals surface area contributed by atoms with E-state index in [2.05, 4.69) is 5.32 Å². The van der Waals surface area contributed by atoms with Crippen LogP contribution in [0.4, 0.5) is 11.4 Å². The van der Waals surface area contributed by atoms with Gasteiger partial charge in [0.15, 0.2) is 5.75 Å². The summed E-state index contributed by atoms with van der Waals surface area (Å²) < 4.78 is 5.05. The van der Waals surface area contributed by atoms with Crippen LogP contribution in [-0.4, -0.2) is 24.1 Å². The smallest absolute Gasteiger partial charge is 0.333 e. The Bertz CT molecular complexity index is 436. The van der Waals surface area contributed by atoms with Gasteiger partial charge in [-0.15, -0.1) is 0 Å². The summed E-state index contributed by atoms with van der Waals surface area (Å²) in [6, 6.07) is 4.97. The third-order valence-electron chi connectivity index (χ3n) is 3.55. The van der Waals surface area contributed by atoms with Crippen LogP contribution < -0.4 is 15.8 Å². The van der Waals surface area contributed by atoms with Gasteiger partial charge in [-0.25, -0.2) is 0 Å². The highest BCUT2D eigenvalue weighted by Gasteiger charge is 2.29. The summed E-state index contributed by atoms with van der Waals surface area (Å²) in [5.74, 6) is 0.244. The zero-order valence-corrected chi connectivity index (χ0v) is 11.6. The fourth-order valence-electron chi connectivity index (χ4n) is 2.03. The molecule has 106 valence electrons. The molecule has 0 atom stereocenters. The van der Waals surface area contributed by atoms with Crippen LogP contribution in [0.3, 0.4) is 0 Å². The van der Waals surface area contributed by atoms with Crippen molar-refractivity contribution in [2.75, 3.05) is 19.0 Å². The molecule has 0 aromatic heterocycles. The summed E-state index contributed by atoms with van der Waals surface area (Å²) in [5.41, 5.74) is 5.87. The van der Waals surface area contributed by atoms with Crippen LogP contribution in [0, 0.1) is 10.1 Å². The van der Waals surface area contributed by atoms with Gasteiger partial charge >= 0.3 is 5.69 Å². The van der Waals surface area contributed by atoms with E-state index in [-0.39, 0.29) is 17.0 Å². The van der Waals surface area contributed by atoms with Gasteiger partial charge in [0, 0.05) is 12.1 Å². The van der Waals surface area contributed by atoms with E-state index in [1.165, 1.54) is 7.11 Å². The normalized spacial score (nSPS) is 11.2. The number of anilines is 1. The van der Waals surface area contributed by atoms with Gasteiger partial charge in [-0.05, 0) is 25.0 Å². The number of nitrogens with two attached hydrogens (primary N) is 1. The highest BCUT2D eigenvalue weighted by molar-refractivity contribution is 5.69. The lowest BCUT2D eigenvalue weighted by atomic mass is 9.92. The summed E-state index contributed by atoms with van der Waals surface area (Å²) in [5, 5.41) is 14.4. The Kier molecular flexibility index (Phi) is 5.11. The van der Waals surface area contributed by atoms with Gasteiger partial charge in [0.2, 0.25) is 0 Å². The minimum absolute atomic E-state index is 0.0512. The number of methoxy groups -OCH3 is 1. The summed E-state index contributed by atoms with van der Waals surface area (Å²) >= 11 is 0. The molecular weight excluding hydrogens is 246 g/mol. The first-order valence-electron chi connectivity index (χ1n) is 6.33. The molecule has 0 fully saturated rings. The largest absolute Gasteiger partial charge is 0.490 e. The Hall–Kier alpha value is -1.82. The molecule has 0 aliphatic carbocycles. The minimum atomic E-state index is -0.437. The van der Waals surface area contributed by atoms with Crippen LogP contribution in [0.25, 0.3) is 0 Å². The van der Waals surface area contributed by atoms with E-state index in [1.54, 1.807) is 18.2 Å². The van der Waals surface area contributed by atoms with Crippen molar-refractivity contribution >= 4 is 11.4 Å². The van der Waals surface area contributed by atoms with Crippen LogP contribution in [0.1, 0.15) is 26.7 Å². The summed E-state index contributed by atoms with van der Waals surface area (Å²) in [4.78, 5) is 10.8. The second-order valence-corrected chi connectivity index (χ2v) is 4.43. The van der Waals surface area contributed by atoms with Gasteiger partial charge < -0.3 is 15.8 Å². The molecule has 0 saturated heterocycles. The molecule has 0 bridgehead atoms. The fraction of sp³-hybridized carbons (Fsp3) is 0.538. The molecule has 0 unspecified atom stereocenters. The lowest BCUT2D eigenvalue weighted by Crippen LogP contribution is -2.44. The van der Waals surface area contributed by atoms with Crippen molar-refractivity contribution < 1.29 is 9.66 Å². The quantitative estimate of drug-likeness (QED) is 0.585. The average molecular weight is 267 g/mol. The van der Waals surface area contributed by atoms with E-state index >= 15 is 0 Å². The van der Waals surface area contributed by atoms with Crippen molar-refractivity contribution in [3.63, 3.8) is 0 Å². The lowest BCUT2D eigenvalue weighted by Gasteiger charge is -2.32. The van der Waals surface area contributed by atoms with Crippen molar-refractivity contribution in [1.82, 2.24) is 0 Å². The predicted octanol–water partition coefficient (Wildman–Crippen LogP) is 2.53. The lowest BCUT2D eigenvalue weighted by molar-refractivity contribution is -0.384. The number of nitro groups is 1. The Morgan fingerprint density at radius 1 is 1.42 bits per heavy atom. The summed E-state index contributed by atoms with van der Waals surface area (Å²) in [6.07, 6.45) is 1.57. The molecule has 0 amide bonds. The molecule has 6 nitrogen and oxygen atoms in total. The number of benzene rings is 1. The first-order chi connectivity index (χ1) is 9.03. The van der Waals surface area contributed by atoms with Gasteiger partial charge in [0.25, 0.3) is 0 Å². The van der Waals surface area contributed by atoms with Crippen LogP contribution >= 0.6 is 0 Å². The standard InChI is InChI=1S/C13H21N3O3/c1-4-13(5-2,9-14)15-10-7-6-8-11(19-3)12(10)16(17)18/h6-8,15H,4-5,9,14H2,1-3H3. The molecule has 1 aromatic carbocycles. The minimum Gasteiger partial charge on any atom is -0.490 e. The fourth-order valence-corrected chi connectivity index (χ4v) is 2.03. The first kappa shape index (κ1) is 15.2. The van der Waals surface area contributed by atoms with Gasteiger partial charge in [-0.2, -0.15) is 0 Å². The topological polar surface area (TPSA) is 90.4 Å². The third-order valence-corrected chi connectivity index (χ3v) is 3.55. The van der Waals surface area contributed by atoms with Crippen molar-refractivity contribution in [3.8, 4) is 5.75 Å². The Morgan fingerprint density at radius 3 is 2.47 bits per heavy atom. The highest BCUT2D eigenvalue weighted by Crippen LogP contribution is 2.36. The highest BCUT2D eigenvalue weighted by atomic mass is 16.6. The van der Waals surface area contributed by atoms with Gasteiger partial charge in [-0.1, -0.05) is 19.9 Å². The second kappa shape index (κ2) is 6.38. The van der Waals surface area contributed by atoms with Gasteiger partial charge in [-0.3, -0.25) is 10.1 Å². The Balaban J connectivity index is 3.23. The van der Waals surface area contributed by atoms with Gasteiger partial charge in [0.05, 0.1) is 12.0 Å². The van der Waals surface area contributed by atoms with Crippen molar-refractivity contribution in [3.05, 3.63) is 28.3 Å². The molecule has 0 saturated carbocycles. The molecule has 3 N–H and O–H groups in total. The SMILES string of the molecule is CCC(CC)(CN)Nc1cccc(OC)c1[N+](=O)[O-]. The monoisotopic (exact) mass is 267 g/mol. The number of para-hydroxylation sites is 1. The van der Waals surface area contributed by atoms with Crippen molar-refractivity contribution in [2.45, 2.75) is 32.2 Å². The molecule has 1 aromatic rings. The van der Waals surface area contributed by atoms with E-state index in [0.29, 0.717) is 12.2 Å².